The number of carbonyl (C=O) groups excluding carboxylic acids is 1. The largest absolute Gasteiger partial charge is 0.454 e. The maximum Gasteiger partial charge on any atom is 0.344 e. The van der Waals surface area contributed by atoms with Crippen LogP contribution >= 0.6 is 0 Å². The minimum atomic E-state index is -0.587. The second-order valence-electron chi connectivity index (χ2n) is 6.30. The van der Waals surface area contributed by atoms with Gasteiger partial charge in [-0.15, -0.1) is 0 Å². The molecule has 3 aromatic heterocycles. The van der Waals surface area contributed by atoms with Crippen molar-refractivity contribution in [2.45, 2.75) is 46.8 Å². The highest BCUT2D eigenvalue weighted by Crippen LogP contribution is 2.16. The predicted molar refractivity (Wildman–Crippen MR) is 95.6 cm³/mol. The van der Waals surface area contributed by atoms with Crippen molar-refractivity contribution in [2.24, 2.45) is 7.05 Å². The second-order valence-corrected chi connectivity index (χ2v) is 6.30. The number of carbonyl (C=O) groups is 1. The number of aromatic amines is 1. The number of fused-ring (bicyclic) bond motifs is 1. The van der Waals surface area contributed by atoms with Crippen molar-refractivity contribution < 1.29 is 14.1 Å². The highest BCUT2D eigenvalue weighted by atomic mass is 16.5. The standard InChI is InChI=1S/C17H21N5O5/c1-5-6-7-22-14-13(15(23)19-17(22)25)21(4)11(18-14)8-26-16(24)12-9(2)20-27-10(12)3/h5-8H2,1-4H3,(H,19,23,25). The van der Waals surface area contributed by atoms with Crippen LogP contribution in [0.15, 0.2) is 14.1 Å². The Morgan fingerprint density at radius 2 is 2.04 bits per heavy atom. The summed E-state index contributed by atoms with van der Waals surface area (Å²) in [7, 11) is 1.64. The molecule has 10 nitrogen and oxygen atoms in total. The van der Waals surface area contributed by atoms with Crippen LogP contribution in [0.3, 0.4) is 0 Å². The zero-order valence-electron chi connectivity index (χ0n) is 15.7. The van der Waals surface area contributed by atoms with E-state index in [2.05, 4.69) is 15.1 Å². The van der Waals surface area contributed by atoms with E-state index in [4.69, 9.17) is 9.26 Å². The highest BCUT2D eigenvalue weighted by molar-refractivity contribution is 5.91. The molecule has 0 saturated heterocycles. The Morgan fingerprint density at radius 3 is 2.67 bits per heavy atom. The summed E-state index contributed by atoms with van der Waals surface area (Å²) in [5.41, 5.74) is 0.218. The molecular weight excluding hydrogens is 354 g/mol. The number of ether oxygens (including phenoxy) is 1. The molecule has 3 aromatic rings. The quantitative estimate of drug-likeness (QED) is 0.641. The van der Waals surface area contributed by atoms with Crippen LogP contribution in [0.1, 0.15) is 47.4 Å². The Labute approximate surface area is 153 Å². The number of hydrogen-bond donors (Lipinski definition) is 1. The van der Waals surface area contributed by atoms with E-state index in [0.717, 1.165) is 12.8 Å². The molecule has 0 spiro atoms. The lowest BCUT2D eigenvalue weighted by Gasteiger charge is -2.05. The molecule has 0 radical (unpaired) electrons. The van der Waals surface area contributed by atoms with E-state index < -0.39 is 17.2 Å². The first-order valence-electron chi connectivity index (χ1n) is 8.63. The number of rotatable bonds is 6. The van der Waals surface area contributed by atoms with Crippen LogP contribution in [0.25, 0.3) is 11.2 Å². The number of imidazole rings is 1. The fourth-order valence-corrected chi connectivity index (χ4v) is 2.92. The first-order valence-corrected chi connectivity index (χ1v) is 8.63. The van der Waals surface area contributed by atoms with Crippen LogP contribution in [0.5, 0.6) is 0 Å². The Balaban J connectivity index is 1.95. The first kappa shape index (κ1) is 18.6. The molecule has 27 heavy (non-hydrogen) atoms. The summed E-state index contributed by atoms with van der Waals surface area (Å²) in [6, 6.07) is 0. The van der Waals surface area contributed by atoms with Gasteiger partial charge in [-0.2, -0.15) is 0 Å². The van der Waals surface area contributed by atoms with Gasteiger partial charge in [-0.3, -0.25) is 14.3 Å². The summed E-state index contributed by atoms with van der Waals surface area (Å²) >= 11 is 0. The van der Waals surface area contributed by atoms with Crippen molar-refractivity contribution in [3.05, 3.63) is 43.7 Å². The van der Waals surface area contributed by atoms with Gasteiger partial charge in [0.05, 0.1) is 5.69 Å². The second kappa shape index (κ2) is 7.22. The molecule has 0 saturated carbocycles. The summed E-state index contributed by atoms with van der Waals surface area (Å²) in [6.45, 7) is 5.56. The molecule has 0 amide bonds. The van der Waals surface area contributed by atoms with Crippen molar-refractivity contribution in [2.75, 3.05) is 0 Å². The molecule has 0 atom stereocenters. The molecule has 0 aliphatic heterocycles. The summed E-state index contributed by atoms with van der Waals surface area (Å²) in [5, 5.41) is 3.73. The molecule has 0 unspecified atom stereocenters. The Morgan fingerprint density at radius 1 is 1.30 bits per heavy atom. The molecule has 0 fully saturated rings. The molecular formula is C17H21N5O5. The van der Waals surface area contributed by atoms with Gasteiger partial charge < -0.3 is 13.8 Å². The van der Waals surface area contributed by atoms with Gasteiger partial charge in [0.15, 0.2) is 11.2 Å². The third kappa shape index (κ3) is 3.29. The van der Waals surface area contributed by atoms with Crippen LogP contribution in [-0.2, 0) is 24.9 Å². The van der Waals surface area contributed by atoms with Gasteiger partial charge >= 0.3 is 11.7 Å². The monoisotopic (exact) mass is 375 g/mol. The number of hydrogen-bond acceptors (Lipinski definition) is 7. The third-order valence-corrected chi connectivity index (χ3v) is 4.41. The smallest absolute Gasteiger partial charge is 0.344 e. The van der Waals surface area contributed by atoms with Crippen LogP contribution in [0.4, 0.5) is 0 Å². The van der Waals surface area contributed by atoms with Crippen LogP contribution in [-0.4, -0.2) is 30.2 Å². The van der Waals surface area contributed by atoms with Crippen LogP contribution in [0, 0.1) is 13.8 Å². The van der Waals surface area contributed by atoms with Gasteiger partial charge in [-0.05, 0) is 20.3 Å². The summed E-state index contributed by atoms with van der Waals surface area (Å²) < 4.78 is 13.2. The minimum absolute atomic E-state index is 0.157. The number of esters is 1. The molecule has 3 rings (SSSR count). The third-order valence-electron chi connectivity index (χ3n) is 4.41. The average Bonchev–Trinajstić information content (AvgIpc) is 3.12. The van der Waals surface area contributed by atoms with E-state index in [9.17, 15) is 14.4 Å². The van der Waals surface area contributed by atoms with E-state index in [1.807, 2.05) is 6.92 Å². The molecule has 0 bridgehead atoms. The van der Waals surface area contributed by atoms with E-state index >= 15 is 0 Å². The fraction of sp³-hybridized carbons (Fsp3) is 0.471. The zero-order chi connectivity index (χ0) is 19.7. The minimum Gasteiger partial charge on any atom is -0.454 e. The topological polar surface area (TPSA) is 125 Å². The molecule has 3 heterocycles. The number of nitrogens with one attached hydrogen (secondary N) is 1. The number of nitrogens with zero attached hydrogens (tertiary/aromatic N) is 4. The molecule has 10 heteroatoms. The summed E-state index contributed by atoms with van der Waals surface area (Å²) in [5.74, 6) is 0.134. The highest BCUT2D eigenvalue weighted by Gasteiger charge is 2.21. The van der Waals surface area contributed by atoms with E-state index in [-0.39, 0.29) is 23.3 Å². The number of aromatic nitrogens is 5. The SMILES string of the molecule is CCCCn1c(=O)[nH]c(=O)c2c1nc(COC(=O)c1c(C)noc1C)n2C. The Bertz CT molecular complexity index is 1100. The summed E-state index contributed by atoms with van der Waals surface area (Å²) in [6.07, 6.45) is 1.66. The van der Waals surface area contributed by atoms with Gasteiger partial charge in [0.1, 0.15) is 23.8 Å². The number of unbranched alkanes of at least 4 members (excludes halogenated alkanes) is 1. The molecule has 0 aliphatic rings. The van der Waals surface area contributed by atoms with E-state index in [1.165, 1.54) is 9.13 Å². The summed E-state index contributed by atoms with van der Waals surface area (Å²) in [4.78, 5) is 43.3. The molecule has 0 aromatic carbocycles. The van der Waals surface area contributed by atoms with Crippen LogP contribution < -0.4 is 11.2 Å². The maximum absolute atomic E-state index is 12.3. The van der Waals surface area contributed by atoms with Crippen molar-refractivity contribution >= 4 is 17.1 Å². The number of aryl methyl sites for hydroxylation is 4. The van der Waals surface area contributed by atoms with Gasteiger partial charge in [0.25, 0.3) is 5.56 Å². The van der Waals surface area contributed by atoms with Gasteiger partial charge in [0, 0.05) is 13.6 Å². The fourth-order valence-electron chi connectivity index (χ4n) is 2.92. The Hall–Kier alpha value is -3.17. The van der Waals surface area contributed by atoms with Crippen molar-refractivity contribution in [1.82, 2.24) is 24.3 Å². The van der Waals surface area contributed by atoms with Crippen molar-refractivity contribution in [3.8, 4) is 0 Å². The van der Waals surface area contributed by atoms with Crippen molar-refractivity contribution in [1.29, 1.82) is 0 Å². The maximum atomic E-state index is 12.3. The average molecular weight is 375 g/mol. The molecule has 144 valence electrons. The van der Waals surface area contributed by atoms with Crippen LogP contribution in [0.2, 0.25) is 0 Å². The normalized spacial score (nSPS) is 11.3. The van der Waals surface area contributed by atoms with Gasteiger partial charge in [-0.1, -0.05) is 18.5 Å². The lowest BCUT2D eigenvalue weighted by Crippen LogP contribution is -2.31. The van der Waals surface area contributed by atoms with Crippen molar-refractivity contribution in [3.63, 3.8) is 0 Å². The molecule has 0 aliphatic carbocycles. The van der Waals surface area contributed by atoms with E-state index in [0.29, 0.717) is 23.8 Å². The van der Waals surface area contributed by atoms with Gasteiger partial charge in [0.2, 0.25) is 0 Å². The Kier molecular flexibility index (Phi) is 4.98. The first-order chi connectivity index (χ1) is 12.8. The lowest BCUT2D eigenvalue weighted by molar-refractivity contribution is 0.0457. The zero-order valence-corrected chi connectivity index (χ0v) is 15.7. The predicted octanol–water partition coefficient (Wildman–Crippen LogP) is 1.19. The molecule has 1 N–H and O–H groups in total. The lowest BCUT2D eigenvalue weighted by atomic mass is 10.2. The van der Waals surface area contributed by atoms with E-state index in [1.54, 1.807) is 20.9 Å². The van der Waals surface area contributed by atoms with Gasteiger partial charge in [-0.25, -0.2) is 14.6 Å². The number of H-pyrrole nitrogens is 1.